The molecule has 6 heteroatoms. The number of fused-ring (bicyclic) bond motifs is 1. The molecule has 0 aromatic heterocycles. The zero-order valence-electron chi connectivity index (χ0n) is 14.5. The van der Waals surface area contributed by atoms with Crippen molar-refractivity contribution in [2.75, 3.05) is 25.9 Å². The highest BCUT2D eigenvalue weighted by Gasteiger charge is 2.28. The average molecular weight is 337 g/mol. The highest BCUT2D eigenvalue weighted by molar-refractivity contribution is 7.92. The molecule has 1 N–H and O–H groups in total. The van der Waals surface area contributed by atoms with Gasteiger partial charge in [0, 0.05) is 26.7 Å². The maximum absolute atomic E-state index is 12.2. The zero-order valence-corrected chi connectivity index (χ0v) is 15.3. The Hall–Kier alpha value is -1.56. The Bertz CT molecular complexity index is 675. The quantitative estimate of drug-likeness (QED) is 0.675. The summed E-state index contributed by atoms with van der Waals surface area (Å²) in [6.45, 7) is 7.28. The van der Waals surface area contributed by atoms with Crippen LogP contribution in [0, 0.1) is 0 Å². The van der Waals surface area contributed by atoms with Gasteiger partial charge in [0.05, 0.1) is 10.5 Å². The van der Waals surface area contributed by atoms with Gasteiger partial charge >= 0.3 is 0 Å². The first kappa shape index (κ1) is 17.8. The number of benzene rings is 1. The van der Waals surface area contributed by atoms with Crippen molar-refractivity contribution in [1.82, 2.24) is 10.2 Å². The molecule has 0 fully saturated rings. The second-order valence-electron chi connectivity index (χ2n) is 6.85. The van der Waals surface area contributed by atoms with Gasteiger partial charge in [0.15, 0.2) is 15.8 Å². The number of hydrogen-bond donors (Lipinski definition) is 1. The molecule has 128 valence electrons. The Labute approximate surface area is 139 Å². The first-order valence-corrected chi connectivity index (χ1v) is 9.64. The molecule has 0 saturated carbocycles. The minimum absolute atomic E-state index is 0.111. The van der Waals surface area contributed by atoms with Crippen LogP contribution in [0.25, 0.3) is 0 Å². The summed E-state index contributed by atoms with van der Waals surface area (Å²) in [6, 6.07) is 8.42. The van der Waals surface area contributed by atoms with Crippen LogP contribution in [0.2, 0.25) is 0 Å². The molecule has 0 atom stereocenters. The molecule has 0 radical (unpaired) electrons. The molecule has 23 heavy (non-hydrogen) atoms. The molecular formula is C17H27N3O2S. The van der Waals surface area contributed by atoms with Crippen molar-refractivity contribution < 1.29 is 8.42 Å². The number of nitrogens with one attached hydrogen (secondary N) is 1. The summed E-state index contributed by atoms with van der Waals surface area (Å²) in [6.07, 6.45) is 0.983. The van der Waals surface area contributed by atoms with Crippen molar-refractivity contribution in [3.63, 3.8) is 0 Å². The topological polar surface area (TPSA) is 61.8 Å². The average Bonchev–Trinajstić information content (AvgIpc) is 2.50. The highest BCUT2D eigenvalue weighted by Crippen LogP contribution is 2.18. The number of sulfone groups is 1. The summed E-state index contributed by atoms with van der Waals surface area (Å²) < 4.78 is 23.6. The Morgan fingerprint density at radius 1 is 1.26 bits per heavy atom. The number of aliphatic imine (C=N–C) groups is 1. The maximum atomic E-state index is 12.2. The lowest BCUT2D eigenvalue weighted by Crippen LogP contribution is -2.46. The predicted molar refractivity (Wildman–Crippen MR) is 95.5 cm³/mol. The Kier molecular flexibility index (Phi) is 5.34. The van der Waals surface area contributed by atoms with E-state index in [1.165, 1.54) is 11.1 Å². The lowest BCUT2D eigenvalue weighted by Gasteiger charge is -2.31. The van der Waals surface area contributed by atoms with Gasteiger partial charge in [-0.3, -0.25) is 4.99 Å². The third-order valence-corrected chi connectivity index (χ3v) is 6.84. The van der Waals surface area contributed by atoms with E-state index in [1.54, 1.807) is 27.8 Å². The van der Waals surface area contributed by atoms with Gasteiger partial charge in [0.1, 0.15) is 0 Å². The Balaban J connectivity index is 1.95. The summed E-state index contributed by atoms with van der Waals surface area (Å²) >= 11 is 0. The van der Waals surface area contributed by atoms with Crippen LogP contribution in [0.4, 0.5) is 0 Å². The summed E-state index contributed by atoms with van der Waals surface area (Å²) in [5.41, 5.74) is 2.69. The summed E-state index contributed by atoms with van der Waals surface area (Å²) in [5, 5.41) is 3.19. The number of rotatable bonds is 3. The zero-order chi connectivity index (χ0) is 17.1. The van der Waals surface area contributed by atoms with Gasteiger partial charge in [-0.1, -0.05) is 24.3 Å². The molecule has 1 aromatic carbocycles. The molecule has 0 amide bonds. The second kappa shape index (κ2) is 6.91. The second-order valence-corrected chi connectivity index (χ2v) is 9.71. The first-order valence-electron chi connectivity index (χ1n) is 7.99. The normalized spacial score (nSPS) is 16.2. The van der Waals surface area contributed by atoms with Crippen molar-refractivity contribution in [2.45, 2.75) is 38.5 Å². The van der Waals surface area contributed by atoms with E-state index in [4.69, 9.17) is 0 Å². The van der Waals surface area contributed by atoms with Gasteiger partial charge in [0.25, 0.3) is 0 Å². The molecule has 0 spiro atoms. The van der Waals surface area contributed by atoms with Gasteiger partial charge < -0.3 is 10.2 Å². The van der Waals surface area contributed by atoms with Crippen LogP contribution in [-0.4, -0.2) is 49.9 Å². The fraction of sp³-hybridized carbons (Fsp3) is 0.588. The number of guanidine groups is 1. The largest absolute Gasteiger partial charge is 0.355 e. The van der Waals surface area contributed by atoms with Gasteiger partial charge in [-0.25, -0.2) is 8.42 Å². The molecular weight excluding hydrogens is 310 g/mol. The van der Waals surface area contributed by atoms with Crippen LogP contribution in [0.1, 0.15) is 31.9 Å². The molecule has 0 aliphatic carbocycles. The fourth-order valence-corrected chi connectivity index (χ4v) is 3.60. The van der Waals surface area contributed by atoms with E-state index in [0.29, 0.717) is 6.54 Å². The highest BCUT2D eigenvalue weighted by atomic mass is 32.2. The Morgan fingerprint density at radius 2 is 1.91 bits per heavy atom. The van der Waals surface area contributed by atoms with Gasteiger partial charge in [-0.05, 0) is 38.3 Å². The SMILES string of the molecule is CN=C(NCCS(=O)(=O)C(C)(C)C)N1CCc2ccccc2C1. The molecule has 1 aromatic rings. The minimum atomic E-state index is -3.12. The van der Waals surface area contributed by atoms with E-state index >= 15 is 0 Å². The van der Waals surface area contributed by atoms with E-state index in [0.717, 1.165) is 25.5 Å². The standard InChI is InChI=1S/C17H27N3O2S/c1-17(2,3)23(21,22)12-10-19-16(18-4)20-11-9-14-7-5-6-8-15(14)13-20/h5-8H,9-13H2,1-4H3,(H,18,19). The molecule has 0 unspecified atom stereocenters. The van der Waals surface area contributed by atoms with Gasteiger partial charge in [-0.2, -0.15) is 0 Å². The molecule has 0 bridgehead atoms. The van der Waals surface area contributed by atoms with Crippen molar-refractivity contribution in [3.05, 3.63) is 35.4 Å². The van der Waals surface area contributed by atoms with Crippen molar-refractivity contribution in [1.29, 1.82) is 0 Å². The van der Waals surface area contributed by atoms with Crippen LogP contribution < -0.4 is 5.32 Å². The summed E-state index contributed by atoms with van der Waals surface area (Å²) in [4.78, 5) is 6.48. The van der Waals surface area contributed by atoms with Crippen LogP contribution in [0.15, 0.2) is 29.3 Å². The lowest BCUT2D eigenvalue weighted by atomic mass is 10.0. The summed E-state index contributed by atoms with van der Waals surface area (Å²) in [7, 11) is -1.38. The molecule has 2 rings (SSSR count). The third-order valence-electron chi connectivity index (χ3n) is 4.23. The molecule has 0 saturated heterocycles. The predicted octanol–water partition coefficient (Wildman–Crippen LogP) is 1.83. The van der Waals surface area contributed by atoms with Crippen molar-refractivity contribution in [3.8, 4) is 0 Å². The molecule has 1 heterocycles. The van der Waals surface area contributed by atoms with Crippen LogP contribution in [0.3, 0.4) is 0 Å². The summed E-state index contributed by atoms with van der Waals surface area (Å²) in [5.74, 6) is 0.878. The van der Waals surface area contributed by atoms with Crippen molar-refractivity contribution in [2.24, 2.45) is 4.99 Å². The van der Waals surface area contributed by atoms with Gasteiger partial charge in [-0.15, -0.1) is 0 Å². The fourth-order valence-electron chi connectivity index (χ4n) is 2.61. The van der Waals surface area contributed by atoms with E-state index in [-0.39, 0.29) is 5.75 Å². The smallest absolute Gasteiger partial charge is 0.193 e. The molecule has 5 nitrogen and oxygen atoms in total. The molecule has 1 aliphatic rings. The van der Waals surface area contributed by atoms with E-state index < -0.39 is 14.6 Å². The van der Waals surface area contributed by atoms with Crippen LogP contribution in [0.5, 0.6) is 0 Å². The third kappa shape index (κ3) is 4.25. The van der Waals surface area contributed by atoms with Crippen molar-refractivity contribution >= 4 is 15.8 Å². The molecule has 1 aliphatic heterocycles. The van der Waals surface area contributed by atoms with E-state index in [2.05, 4.69) is 39.5 Å². The van der Waals surface area contributed by atoms with E-state index in [9.17, 15) is 8.42 Å². The Morgan fingerprint density at radius 3 is 2.52 bits per heavy atom. The monoisotopic (exact) mass is 337 g/mol. The van der Waals surface area contributed by atoms with Crippen LogP contribution in [-0.2, 0) is 22.8 Å². The number of hydrogen-bond acceptors (Lipinski definition) is 3. The lowest BCUT2D eigenvalue weighted by molar-refractivity contribution is 0.380. The number of nitrogens with zero attached hydrogens (tertiary/aromatic N) is 2. The van der Waals surface area contributed by atoms with Gasteiger partial charge in [0.2, 0.25) is 0 Å². The first-order chi connectivity index (χ1) is 10.7. The minimum Gasteiger partial charge on any atom is -0.355 e. The van der Waals surface area contributed by atoms with E-state index in [1.807, 2.05) is 0 Å². The van der Waals surface area contributed by atoms with Crippen LogP contribution >= 0.6 is 0 Å². The maximum Gasteiger partial charge on any atom is 0.193 e.